The third-order valence-corrected chi connectivity index (χ3v) is 8.27. The van der Waals surface area contributed by atoms with Gasteiger partial charge in [-0.2, -0.15) is 0 Å². The molecule has 2 atom stereocenters. The van der Waals surface area contributed by atoms with Crippen LogP contribution in [0.2, 0.25) is 0 Å². The first-order chi connectivity index (χ1) is 21.0. The fourth-order valence-corrected chi connectivity index (χ4v) is 6.12. The fraction of sp³-hybridized carbons (Fsp3) is 0.222. The maximum Gasteiger partial charge on any atom is 0.130 e. The number of ether oxygens (including phenoxy) is 6. The van der Waals surface area contributed by atoms with E-state index in [1.807, 2.05) is 60.7 Å². The molecule has 4 aromatic rings. The van der Waals surface area contributed by atoms with Gasteiger partial charge in [-0.25, -0.2) is 0 Å². The molecular weight excluding hydrogens is 560 g/mol. The predicted octanol–water partition coefficient (Wildman–Crippen LogP) is 8.68. The Balaban J connectivity index is 1.92. The fourth-order valence-electron chi connectivity index (χ4n) is 4.73. The molecule has 0 saturated carbocycles. The van der Waals surface area contributed by atoms with Crippen LogP contribution in [-0.4, -0.2) is 42.7 Å². The summed E-state index contributed by atoms with van der Waals surface area (Å²) in [6, 6.07) is 27.9. The lowest BCUT2D eigenvalue weighted by Crippen LogP contribution is -2.05. The Kier molecular flexibility index (Phi) is 11.5. The number of hydrogen-bond acceptors (Lipinski definition) is 7. The average Bonchev–Trinajstić information content (AvgIpc) is 3.07. The smallest absolute Gasteiger partial charge is 0.130 e. The molecule has 224 valence electrons. The van der Waals surface area contributed by atoms with E-state index >= 15 is 0 Å². The molecule has 0 N–H and O–H groups in total. The Morgan fingerprint density at radius 2 is 0.791 bits per heavy atom. The molecule has 0 fully saturated rings. The van der Waals surface area contributed by atoms with Gasteiger partial charge in [-0.1, -0.05) is 85.0 Å². The van der Waals surface area contributed by atoms with Crippen LogP contribution in [0.1, 0.15) is 32.8 Å². The summed E-state index contributed by atoms with van der Waals surface area (Å²) in [5.41, 5.74) is 3.92. The van der Waals surface area contributed by atoms with Gasteiger partial charge in [0, 0.05) is 24.3 Å². The Bertz CT molecular complexity index is 1350. The second-order valence-corrected chi connectivity index (χ2v) is 10.7. The molecule has 0 saturated heterocycles. The standard InChI is InChI=1S/C36H38O6S/c1-37-27-21-29(39-3)35(30(22-27)40-4)33(19-17-25-13-9-7-10-14-25)43-34(20-18-26-15-11-8-12-16-26)36-31(41-5)23-28(38-2)24-32(36)42-6/h7-24,33-34H,1-6H3. The van der Waals surface area contributed by atoms with Crippen molar-refractivity contribution in [2.75, 3.05) is 42.7 Å². The summed E-state index contributed by atoms with van der Waals surface area (Å²) in [7, 11) is 9.88. The van der Waals surface area contributed by atoms with Crippen molar-refractivity contribution < 1.29 is 28.4 Å². The highest BCUT2D eigenvalue weighted by Crippen LogP contribution is 2.53. The summed E-state index contributed by atoms with van der Waals surface area (Å²) in [4.78, 5) is 0. The lowest BCUT2D eigenvalue weighted by molar-refractivity contribution is 0.369. The molecule has 0 amide bonds. The summed E-state index contributed by atoms with van der Waals surface area (Å²) in [6.07, 6.45) is 8.56. The first-order valence-electron chi connectivity index (χ1n) is 13.8. The summed E-state index contributed by atoms with van der Waals surface area (Å²) < 4.78 is 34.7. The van der Waals surface area contributed by atoms with E-state index in [1.165, 1.54) is 0 Å². The van der Waals surface area contributed by atoms with Crippen LogP contribution < -0.4 is 28.4 Å². The molecule has 0 radical (unpaired) electrons. The molecule has 0 aliphatic rings. The largest absolute Gasteiger partial charge is 0.496 e. The maximum absolute atomic E-state index is 5.91. The second-order valence-electron chi connectivity index (χ2n) is 9.41. The van der Waals surface area contributed by atoms with Crippen molar-refractivity contribution in [3.63, 3.8) is 0 Å². The molecule has 4 rings (SSSR count). The number of benzene rings is 4. The molecule has 0 spiro atoms. The molecule has 6 nitrogen and oxygen atoms in total. The summed E-state index contributed by atoms with van der Waals surface area (Å²) in [5.74, 6) is 3.92. The molecule has 0 bridgehead atoms. The first kappa shape index (κ1) is 31.4. The highest BCUT2D eigenvalue weighted by Gasteiger charge is 2.28. The van der Waals surface area contributed by atoms with Gasteiger partial charge in [0.15, 0.2) is 0 Å². The minimum absolute atomic E-state index is 0.224. The predicted molar refractivity (Wildman–Crippen MR) is 176 cm³/mol. The molecule has 0 aliphatic heterocycles. The van der Waals surface area contributed by atoms with Gasteiger partial charge in [-0.3, -0.25) is 0 Å². The zero-order valence-electron chi connectivity index (χ0n) is 25.4. The van der Waals surface area contributed by atoms with E-state index in [-0.39, 0.29) is 10.5 Å². The number of thioether (sulfide) groups is 1. The average molecular weight is 599 g/mol. The van der Waals surface area contributed by atoms with Gasteiger partial charge in [-0.15, -0.1) is 11.8 Å². The topological polar surface area (TPSA) is 55.4 Å². The number of methoxy groups -OCH3 is 6. The first-order valence-corrected chi connectivity index (χ1v) is 14.7. The molecule has 7 heteroatoms. The number of hydrogen-bond donors (Lipinski definition) is 0. The normalized spacial score (nSPS) is 12.6. The van der Waals surface area contributed by atoms with Crippen LogP contribution >= 0.6 is 11.8 Å². The lowest BCUT2D eigenvalue weighted by atomic mass is 10.1. The van der Waals surface area contributed by atoms with Gasteiger partial charge in [-0.05, 0) is 11.1 Å². The maximum atomic E-state index is 5.91. The van der Waals surface area contributed by atoms with Crippen LogP contribution in [0.15, 0.2) is 97.1 Å². The van der Waals surface area contributed by atoms with Crippen LogP contribution in [-0.2, 0) is 0 Å². The third-order valence-electron chi connectivity index (χ3n) is 6.89. The molecule has 43 heavy (non-hydrogen) atoms. The van der Waals surface area contributed by atoms with E-state index in [2.05, 4.69) is 48.6 Å². The molecule has 0 aromatic heterocycles. The van der Waals surface area contributed by atoms with Crippen LogP contribution in [0.25, 0.3) is 12.2 Å². The van der Waals surface area contributed by atoms with E-state index in [4.69, 9.17) is 28.4 Å². The lowest BCUT2D eigenvalue weighted by Gasteiger charge is -2.26. The minimum Gasteiger partial charge on any atom is -0.496 e. The van der Waals surface area contributed by atoms with E-state index < -0.39 is 0 Å². The van der Waals surface area contributed by atoms with Crippen molar-refractivity contribution in [1.82, 2.24) is 0 Å². The molecule has 4 aromatic carbocycles. The van der Waals surface area contributed by atoms with E-state index in [0.717, 1.165) is 22.3 Å². The summed E-state index contributed by atoms with van der Waals surface area (Å²) in [5, 5.41) is -0.448. The quantitative estimate of drug-likeness (QED) is 0.144. The van der Waals surface area contributed by atoms with Crippen molar-refractivity contribution >= 4 is 23.9 Å². The van der Waals surface area contributed by atoms with Crippen LogP contribution in [0.4, 0.5) is 0 Å². The van der Waals surface area contributed by atoms with Crippen LogP contribution in [0, 0.1) is 0 Å². The number of rotatable bonds is 14. The van der Waals surface area contributed by atoms with Gasteiger partial charge in [0.2, 0.25) is 0 Å². The van der Waals surface area contributed by atoms with Gasteiger partial charge >= 0.3 is 0 Å². The third kappa shape index (κ3) is 7.87. The Morgan fingerprint density at radius 1 is 0.465 bits per heavy atom. The molecule has 0 aliphatic carbocycles. The second kappa shape index (κ2) is 15.7. The Morgan fingerprint density at radius 3 is 1.07 bits per heavy atom. The molecule has 0 heterocycles. The van der Waals surface area contributed by atoms with Gasteiger partial charge < -0.3 is 28.4 Å². The van der Waals surface area contributed by atoms with Gasteiger partial charge in [0.05, 0.1) is 64.3 Å². The molecular formula is C36H38O6S. The van der Waals surface area contributed by atoms with Crippen LogP contribution in [0.5, 0.6) is 34.5 Å². The van der Waals surface area contributed by atoms with E-state index in [1.54, 1.807) is 54.4 Å². The zero-order valence-corrected chi connectivity index (χ0v) is 26.2. The van der Waals surface area contributed by atoms with Crippen molar-refractivity contribution in [1.29, 1.82) is 0 Å². The Labute approximate surface area is 258 Å². The molecule has 2 unspecified atom stereocenters. The van der Waals surface area contributed by atoms with Gasteiger partial charge in [0.25, 0.3) is 0 Å². The van der Waals surface area contributed by atoms with Crippen molar-refractivity contribution in [2.45, 2.75) is 10.5 Å². The van der Waals surface area contributed by atoms with E-state index in [0.29, 0.717) is 34.5 Å². The Hall–Kier alpha value is -4.49. The highest BCUT2D eigenvalue weighted by molar-refractivity contribution is 8.00. The monoisotopic (exact) mass is 598 g/mol. The van der Waals surface area contributed by atoms with Gasteiger partial charge in [0.1, 0.15) is 34.5 Å². The van der Waals surface area contributed by atoms with Crippen molar-refractivity contribution in [2.24, 2.45) is 0 Å². The highest BCUT2D eigenvalue weighted by atomic mass is 32.2. The van der Waals surface area contributed by atoms with Crippen molar-refractivity contribution in [3.8, 4) is 34.5 Å². The van der Waals surface area contributed by atoms with Crippen LogP contribution in [0.3, 0.4) is 0 Å². The van der Waals surface area contributed by atoms with Crippen molar-refractivity contribution in [3.05, 3.63) is 119 Å². The van der Waals surface area contributed by atoms with E-state index in [9.17, 15) is 0 Å². The zero-order chi connectivity index (χ0) is 30.6. The summed E-state index contributed by atoms with van der Waals surface area (Å²) in [6.45, 7) is 0. The summed E-state index contributed by atoms with van der Waals surface area (Å²) >= 11 is 1.70. The SMILES string of the molecule is COc1cc(OC)c(C(C=Cc2ccccc2)SC(C=Cc2ccccc2)c2c(OC)cc(OC)cc2OC)c(OC)c1. The minimum atomic E-state index is -0.224.